The number of halogens is 1. The number of carbonyl (C=O) groups excluding carboxylic acids is 4. The van der Waals surface area contributed by atoms with Crippen LogP contribution in [-0.4, -0.2) is 86.7 Å². The highest BCUT2D eigenvalue weighted by atomic mass is 32.2. The molecule has 0 unspecified atom stereocenters. The second-order valence-corrected chi connectivity index (χ2v) is 19.2. The van der Waals surface area contributed by atoms with Crippen LogP contribution in [0.5, 0.6) is 5.75 Å². The van der Waals surface area contributed by atoms with Crippen molar-refractivity contribution in [1.82, 2.24) is 9.62 Å². The lowest BCUT2D eigenvalue weighted by Gasteiger charge is -2.34. The molecule has 2 aliphatic rings. The highest BCUT2D eigenvalue weighted by Crippen LogP contribution is 2.46. The number of fused-ring (bicyclic) bond motifs is 1. The summed E-state index contributed by atoms with van der Waals surface area (Å²) in [5.41, 5.74) is -3.17. The molecular formula is C42H59FN4O11S. The topological polar surface area (TPSA) is 170 Å². The minimum Gasteiger partial charge on any atom is -0.487 e. The van der Waals surface area contributed by atoms with E-state index in [1.165, 1.54) is 21.9 Å². The Balaban J connectivity index is 1.93. The number of carbonyl (C=O) groups is 4. The molecule has 3 amide bonds. The third-order valence-electron chi connectivity index (χ3n) is 8.99. The molecule has 326 valence electrons. The molecule has 1 saturated carbocycles. The highest BCUT2D eigenvalue weighted by Gasteiger charge is 2.44. The van der Waals surface area contributed by atoms with Gasteiger partial charge in [0.15, 0.2) is 5.82 Å². The van der Waals surface area contributed by atoms with E-state index in [9.17, 15) is 27.6 Å². The minimum absolute atomic E-state index is 0.00784. The Morgan fingerprint density at radius 3 is 2.10 bits per heavy atom. The Morgan fingerprint density at radius 1 is 0.915 bits per heavy atom. The summed E-state index contributed by atoms with van der Waals surface area (Å²) >= 11 is 0. The fourth-order valence-electron chi connectivity index (χ4n) is 6.77. The predicted molar refractivity (Wildman–Crippen MR) is 220 cm³/mol. The number of amides is 3. The van der Waals surface area contributed by atoms with Gasteiger partial charge >= 0.3 is 34.5 Å². The van der Waals surface area contributed by atoms with Gasteiger partial charge in [0.1, 0.15) is 48.0 Å². The first-order valence-corrected chi connectivity index (χ1v) is 21.1. The van der Waals surface area contributed by atoms with Crippen molar-refractivity contribution in [3.63, 3.8) is 0 Å². The second-order valence-electron chi connectivity index (χ2n) is 17.6. The van der Waals surface area contributed by atoms with Crippen LogP contribution >= 0.6 is 0 Å². The lowest BCUT2D eigenvalue weighted by Crippen LogP contribution is -2.50. The monoisotopic (exact) mass is 846 g/mol. The van der Waals surface area contributed by atoms with E-state index in [1.54, 1.807) is 97.4 Å². The van der Waals surface area contributed by atoms with E-state index >= 15 is 4.39 Å². The van der Waals surface area contributed by atoms with Crippen LogP contribution in [0.25, 0.3) is 0 Å². The third kappa shape index (κ3) is 13.5. The van der Waals surface area contributed by atoms with Gasteiger partial charge in [0.2, 0.25) is 0 Å². The zero-order valence-electron chi connectivity index (χ0n) is 35.6. The van der Waals surface area contributed by atoms with Gasteiger partial charge in [-0.1, -0.05) is 55.8 Å². The summed E-state index contributed by atoms with van der Waals surface area (Å²) in [6, 6.07) is 9.10. The van der Waals surface area contributed by atoms with Gasteiger partial charge < -0.3 is 28.6 Å². The molecule has 1 heterocycles. The molecule has 1 aliphatic heterocycles. The number of nitrogens with one attached hydrogen (secondary N) is 1. The van der Waals surface area contributed by atoms with Crippen molar-refractivity contribution in [1.29, 1.82) is 0 Å². The van der Waals surface area contributed by atoms with Crippen molar-refractivity contribution in [2.75, 3.05) is 35.4 Å². The fraction of sp³-hybridized carbons (Fsp3) is 0.571. The first-order chi connectivity index (χ1) is 27.4. The van der Waals surface area contributed by atoms with E-state index in [1.807, 2.05) is 0 Å². The van der Waals surface area contributed by atoms with Crippen molar-refractivity contribution < 1.29 is 55.7 Å². The average molecular weight is 847 g/mol. The van der Waals surface area contributed by atoms with Crippen molar-refractivity contribution in [3.05, 3.63) is 66.0 Å². The van der Waals surface area contributed by atoms with Gasteiger partial charge in [-0.15, -0.1) is 0 Å². The maximum absolute atomic E-state index is 17.7. The number of hydrogen-bond acceptors (Lipinski definition) is 11. The van der Waals surface area contributed by atoms with Gasteiger partial charge in [0.05, 0.1) is 11.7 Å². The van der Waals surface area contributed by atoms with Crippen molar-refractivity contribution >= 4 is 45.8 Å². The molecule has 1 atom stereocenters. The normalized spacial score (nSPS) is 15.8. The molecule has 0 radical (unpaired) electrons. The quantitative estimate of drug-likeness (QED) is 0.112. The fourth-order valence-corrected chi connectivity index (χ4v) is 7.83. The smallest absolute Gasteiger partial charge is 0.422 e. The van der Waals surface area contributed by atoms with Gasteiger partial charge in [-0.25, -0.2) is 27.8 Å². The molecule has 0 saturated heterocycles. The standard InChI is InChI=1S/C42H59FN4O11S/c1-11-21-54-37(49)44-59(52,53)46(26-34(48)56-40(2,3)4)36-33(55-27-29-19-13-12-14-20-29)23-32-31(35(36)43)22-30(47(32)39(51)58-42(8,9)10)25-45(24-28-17-15-16-18-28)38(50)57-41(5,6)7/h11-14,19-20,23,28,30H,1,15-18,21-22,24-27H2,2-10H3,(H,44,49)/t30-/m1/s1. The van der Waals surface area contributed by atoms with Crippen LogP contribution in [0.2, 0.25) is 0 Å². The van der Waals surface area contributed by atoms with Crippen LogP contribution in [0, 0.1) is 11.7 Å². The van der Waals surface area contributed by atoms with E-state index in [0.717, 1.165) is 25.7 Å². The van der Waals surface area contributed by atoms with Crippen LogP contribution in [0.15, 0.2) is 49.1 Å². The summed E-state index contributed by atoms with van der Waals surface area (Å²) < 4.78 is 76.0. The first-order valence-electron chi connectivity index (χ1n) is 19.7. The van der Waals surface area contributed by atoms with Crippen molar-refractivity contribution in [2.24, 2.45) is 5.92 Å². The van der Waals surface area contributed by atoms with Crippen molar-refractivity contribution in [3.8, 4) is 5.75 Å². The summed E-state index contributed by atoms with van der Waals surface area (Å²) in [5.74, 6) is -2.47. The summed E-state index contributed by atoms with van der Waals surface area (Å²) in [6.45, 7) is 17.0. The van der Waals surface area contributed by atoms with Crippen LogP contribution in [0.3, 0.4) is 0 Å². The molecule has 15 nitrogen and oxygen atoms in total. The summed E-state index contributed by atoms with van der Waals surface area (Å²) in [5, 5.41) is 0. The van der Waals surface area contributed by atoms with Gasteiger partial charge in [-0.3, -0.25) is 9.69 Å². The van der Waals surface area contributed by atoms with Gasteiger partial charge in [-0.05, 0) is 86.6 Å². The molecule has 0 bridgehead atoms. The van der Waals surface area contributed by atoms with E-state index < -0.39 is 81.1 Å². The SMILES string of the molecule is C=CCOC(=O)NS(=O)(=O)N(CC(=O)OC(C)(C)C)c1c(OCc2ccccc2)cc2c(c1F)C[C@H](CN(CC1CCCC1)C(=O)OC(C)(C)C)N2C(=O)OC(C)(C)C. The average Bonchev–Trinajstić information content (AvgIpc) is 3.75. The van der Waals surface area contributed by atoms with E-state index in [-0.39, 0.29) is 43.3 Å². The second kappa shape index (κ2) is 18.9. The van der Waals surface area contributed by atoms with Gasteiger partial charge in [-0.2, -0.15) is 8.42 Å². The molecule has 0 aromatic heterocycles. The van der Waals surface area contributed by atoms with Gasteiger partial charge in [0.25, 0.3) is 0 Å². The maximum atomic E-state index is 17.7. The number of rotatable bonds is 14. The molecule has 2 aromatic rings. The van der Waals surface area contributed by atoms with E-state index in [4.69, 9.17) is 23.7 Å². The Bertz CT molecular complexity index is 1950. The predicted octanol–water partition coefficient (Wildman–Crippen LogP) is 7.80. The zero-order chi connectivity index (χ0) is 43.9. The largest absolute Gasteiger partial charge is 0.487 e. The van der Waals surface area contributed by atoms with Crippen LogP contribution in [0.4, 0.5) is 30.1 Å². The molecular weight excluding hydrogens is 788 g/mol. The molecule has 4 rings (SSSR count). The Labute approximate surface area is 347 Å². The molecule has 2 aromatic carbocycles. The van der Waals surface area contributed by atoms with Crippen molar-refractivity contribution in [2.45, 2.75) is 124 Å². The third-order valence-corrected chi connectivity index (χ3v) is 10.3. The molecule has 1 aliphatic carbocycles. The highest BCUT2D eigenvalue weighted by molar-refractivity contribution is 7.91. The maximum Gasteiger partial charge on any atom is 0.422 e. The number of hydrogen-bond donors (Lipinski definition) is 1. The minimum atomic E-state index is -5.15. The molecule has 17 heteroatoms. The summed E-state index contributed by atoms with van der Waals surface area (Å²) in [7, 11) is -5.15. The number of esters is 1. The Morgan fingerprint density at radius 2 is 1.53 bits per heavy atom. The number of benzene rings is 2. The Kier molecular flexibility index (Phi) is 14.9. The first kappa shape index (κ1) is 46.6. The van der Waals surface area contributed by atoms with Crippen LogP contribution < -0.4 is 18.7 Å². The Hall–Kier alpha value is -5.06. The molecule has 0 spiro atoms. The molecule has 1 N–H and O–H groups in total. The number of ether oxygens (including phenoxy) is 5. The van der Waals surface area contributed by atoms with Crippen LogP contribution in [0.1, 0.15) is 99.1 Å². The summed E-state index contributed by atoms with van der Waals surface area (Å²) in [6.07, 6.45) is 1.93. The van der Waals surface area contributed by atoms with Crippen LogP contribution in [-0.2, 0) is 47.0 Å². The number of nitrogens with zero attached hydrogens (tertiary/aromatic N) is 3. The lowest BCUT2D eigenvalue weighted by atomic mass is 10.1. The van der Waals surface area contributed by atoms with E-state index in [2.05, 4.69) is 6.58 Å². The van der Waals surface area contributed by atoms with Gasteiger partial charge in [0, 0.05) is 31.1 Å². The molecule has 59 heavy (non-hydrogen) atoms. The number of anilines is 2. The molecule has 1 fully saturated rings. The van der Waals surface area contributed by atoms with E-state index in [0.29, 0.717) is 16.4 Å². The summed E-state index contributed by atoms with van der Waals surface area (Å²) in [4.78, 5) is 56.8. The zero-order valence-corrected chi connectivity index (χ0v) is 36.4. The lowest BCUT2D eigenvalue weighted by molar-refractivity contribution is -0.152.